The lowest BCUT2D eigenvalue weighted by atomic mass is 9.95. The summed E-state index contributed by atoms with van der Waals surface area (Å²) in [5, 5.41) is 11.5. The molecule has 4 rings (SSSR count). The van der Waals surface area contributed by atoms with Crippen LogP contribution in [-0.2, 0) is 14.3 Å². The minimum absolute atomic E-state index is 0.0629. The van der Waals surface area contributed by atoms with Gasteiger partial charge in [-0.05, 0) is 44.9 Å². The molecule has 0 radical (unpaired) electrons. The lowest BCUT2D eigenvalue weighted by Gasteiger charge is -2.23. The van der Waals surface area contributed by atoms with Crippen LogP contribution in [0.1, 0.15) is 58.4 Å². The largest absolute Gasteiger partial charge is 0.507 e. The number of anilines is 1. The number of ketones is 1. The van der Waals surface area contributed by atoms with Crippen LogP contribution in [0.15, 0.2) is 54.1 Å². The Kier molecular flexibility index (Phi) is 7.73. The summed E-state index contributed by atoms with van der Waals surface area (Å²) in [4.78, 5) is 45.1. The Morgan fingerprint density at radius 2 is 1.84 bits per heavy atom. The fourth-order valence-corrected chi connectivity index (χ4v) is 5.06. The number of ether oxygens (including phenoxy) is 2. The van der Waals surface area contributed by atoms with Gasteiger partial charge in [-0.2, -0.15) is 0 Å². The zero-order valence-corrected chi connectivity index (χ0v) is 21.9. The number of hydrogen-bond donors (Lipinski definition) is 1. The fraction of sp³-hybridized carbons (Fsp3) is 0.286. The number of nitrogens with zero attached hydrogens (tertiary/aromatic N) is 2. The van der Waals surface area contributed by atoms with Gasteiger partial charge in [-0.1, -0.05) is 60.2 Å². The van der Waals surface area contributed by atoms with Crippen molar-refractivity contribution >= 4 is 39.9 Å². The van der Waals surface area contributed by atoms with E-state index in [0.29, 0.717) is 29.2 Å². The second-order valence-corrected chi connectivity index (χ2v) is 9.57. The second-order valence-electron chi connectivity index (χ2n) is 8.59. The SMILES string of the molecule is CCCOc1cccc(/C(O)=C2\C(=O)C(=O)N(c3nc(C)c(C(=O)OCC)s3)C2c2ccc(C)cc2)c1. The Hall–Kier alpha value is -3.98. The second kappa shape index (κ2) is 11.0. The maximum absolute atomic E-state index is 13.4. The molecule has 1 aliphatic heterocycles. The Labute approximate surface area is 219 Å². The molecular weight excluding hydrogens is 492 g/mol. The van der Waals surface area contributed by atoms with Gasteiger partial charge in [-0.15, -0.1) is 0 Å². The topological polar surface area (TPSA) is 106 Å². The molecule has 0 saturated carbocycles. The summed E-state index contributed by atoms with van der Waals surface area (Å²) >= 11 is 0.976. The molecule has 0 aliphatic carbocycles. The van der Waals surface area contributed by atoms with Crippen molar-refractivity contribution < 1.29 is 29.0 Å². The summed E-state index contributed by atoms with van der Waals surface area (Å²) in [5.74, 6) is -1.99. The zero-order valence-electron chi connectivity index (χ0n) is 21.1. The number of Topliss-reactive ketones (excluding diaryl/α,β-unsaturated/α-hetero) is 1. The third kappa shape index (κ3) is 5.13. The van der Waals surface area contributed by atoms with Crippen molar-refractivity contribution in [3.05, 3.63) is 81.4 Å². The van der Waals surface area contributed by atoms with Gasteiger partial charge in [0.05, 0.1) is 30.5 Å². The van der Waals surface area contributed by atoms with E-state index >= 15 is 0 Å². The van der Waals surface area contributed by atoms with Crippen molar-refractivity contribution in [2.45, 2.75) is 40.2 Å². The van der Waals surface area contributed by atoms with Crippen molar-refractivity contribution in [1.29, 1.82) is 0 Å². The molecule has 192 valence electrons. The maximum Gasteiger partial charge on any atom is 0.350 e. The third-order valence-electron chi connectivity index (χ3n) is 5.87. The molecule has 1 atom stereocenters. The van der Waals surface area contributed by atoms with E-state index in [1.165, 1.54) is 4.90 Å². The summed E-state index contributed by atoms with van der Waals surface area (Å²) in [6, 6.07) is 13.2. The summed E-state index contributed by atoms with van der Waals surface area (Å²) < 4.78 is 10.8. The number of rotatable bonds is 8. The van der Waals surface area contributed by atoms with Gasteiger partial charge in [0.2, 0.25) is 0 Å². The molecule has 2 aromatic carbocycles. The lowest BCUT2D eigenvalue weighted by Crippen LogP contribution is -2.29. The Balaban J connectivity index is 1.87. The molecule has 37 heavy (non-hydrogen) atoms. The average molecular weight is 521 g/mol. The van der Waals surface area contributed by atoms with Gasteiger partial charge < -0.3 is 14.6 Å². The van der Waals surface area contributed by atoms with Gasteiger partial charge in [-0.3, -0.25) is 14.5 Å². The molecule has 1 aliphatic rings. The molecule has 1 amide bonds. The van der Waals surface area contributed by atoms with Crippen molar-refractivity contribution in [2.75, 3.05) is 18.1 Å². The number of aliphatic hydroxyl groups is 1. The molecule has 1 N–H and O–H groups in total. The smallest absolute Gasteiger partial charge is 0.350 e. The number of amides is 1. The molecule has 9 heteroatoms. The Morgan fingerprint density at radius 1 is 1.11 bits per heavy atom. The first-order valence-corrected chi connectivity index (χ1v) is 12.8. The molecule has 1 unspecified atom stereocenters. The highest BCUT2D eigenvalue weighted by Gasteiger charge is 2.48. The van der Waals surface area contributed by atoms with Crippen molar-refractivity contribution in [3.8, 4) is 5.75 Å². The van der Waals surface area contributed by atoms with Crippen molar-refractivity contribution in [2.24, 2.45) is 0 Å². The number of benzene rings is 2. The highest BCUT2D eigenvalue weighted by atomic mass is 32.1. The van der Waals surface area contributed by atoms with Crippen LogP contribution in [0.5, 0.6) is 5.75 Å². The van der Waals surface area contributed by atoms with Crippen LogP contribution in [0.4, 0.5) is 5.13 Å². The Bertz CT molecular complexity index is 1380. The number of carbonyl (C=O) groups excluding carboxylic acids is 3. The molecule has 0 bridgehead atoms. The van der Waals surface area contributed by atoms with Gasteiger partial charge in [0.25, 0.3) is 5.78 Å². The van der Waals surface area contributed by atoms with Gasteiger partial charge in [-0.25, -0.2) is 9.78 Å². The molecule has 1 saturated heterocycles. The van der Waals surface area contributed by atoms with Crippen LogP contribution < -0.4 is 9.64 Å². The highest BCUT2D eigenvalue weighted by Crippen LogP contribution is 2.44. The van der Waals surface area contributed by atoms with Crippen molar-refractivity contribution in [3.63, 3.8) is 0 Å². The monoisotopic (exact) mass is 520 g/mol. The predicted octanol–water partition coefficient (Wildman–Crippen LogP) is 5.35. The fourth-order valence-electron chi connectivity index (χ4n) is 4.07. The standard InChI is InChI=1S/C28H28N2O6S/c1-5-14-36-20-9-7-8-19(15-20)23(31)21-22(18-12-10-16(3)11-13-18)30(26(33)24(21)32)28-29-17(4)25(37-28)27(34)35-6-2/h7-13,15,22,31H,5-6,14H2,1-4H3/b23-21+. The van der Waals surface area contributed by atoms with Crippen LogP contribution in [0, 0.1) is 13.8 Å². The van der Waals surface area contributed by atoms with Gasteiger partial charge in [0, 0.05) is 5.56 Å². The maximum atomic E-state index is 13.4. The van der Waals surface area contributed by atoms with Gasteiger partial charge in [0.1, 0.15) is 16.4 Å². The van der Waals surface area contributed by atoms with E-state index in [0.717, 1.165) is 23.3 Å². The molecule has 2 heterocycles. The number of aliphatic hydroxyl groups excluding tert-OH is 1. The van der Waals surface area contributed by atoms with E-state index in [2.05, 4.69) is 4.98 Å². The lowest BCUT2D eigenvalue weighted by molar-refractivity contribution is -0.132. The van der Waals surface area contributed by atoms with Crippen LogP contribution in [0.2, 0.25) is 0 Å². The van der Waals surface area contributed by atoms with E-state index in [-0.39, 0.29) is 27.9 Å². The number of carbonyl (C=O) groups is 3. The van der Waals surface area contributed by atoms with E-state index < -0.39 is 23.7 Å². The van der Waals surface area contributed by atoms with Crippen LogP contribution in [0.25, 0.3) is 5.76 Å². The average Bonchev–Trinajstić information content (AvgIpc) is 3.40. The van der Waals surface area contributed by atoms with Crippen molar-refractivity contribution in [1.82, 2.24) is 4.98 Å². The first-order valence-electron chi connectivity index (χ1n) is 12.0. The summed E-state index contributed by atoms with van der Waals surface area (Å²) in [6.45, 7) is 7.96. The molecule has 8 nitrogen and oxygen atoms in total. The summed E-state index contributed by atoms with van der Waals surface area (Å²) in [6.07, 6.45) is 0.815. The minimum atomic E-state index is -0.943. The van der Waals surface area contributed by atoms with E-state index in [1.54, 1.807) is 50.2 Å². The van der Waals surface area contributed by atoms with Gasteiger partial charge in [0.15, 0.2) is 5.13 Å². The number of aromatic nitrogens is 1. The minimum Gasteiger partial charge on any atom is -0.507 e. The number of esters is 1. The summed E-state index contributed by atoms with van der Waals surface area (Å²) in [5.41, 5.74) is 2.30. The molecular formula is C28H28N2O6S. The third-order valence-corrected chi connectivity index (χ3v) is 7.01. The quantitative estimate of drug-likeness (QED) is 0.185. The summed E-state index contributed by atoms with van der Waals surface area (Å²) in [7, 11) is 0. The van der Waals surface area contributed by atoms with Crippen LogP contribution in [0.3, 0.4) is 0 Å². The Morgan fingerprint density at radius 3 is 2.51 bits per heavy atom. The molecule has 3 aromatic rings. The van der Waals surface area contributed by atoms with Crippen LogP contribution in [-0.4, -0.2) is 41.0 Å². The molecule has 0 spiro atoms. The normalized spacial score (nSPS) is 16.8. The van der Waals surface area contributed by atoms with Crippen LogP contribution >= 0.6 is 11.3 Å². The van der Waals surface area contributed by atoms with E-state index in [9.17, 15) is 19.5 Å². The first kappa shape index (κ1) is 26.1. The highest BCUT2D eigenvalue weighted by molar-refractivity contribution is 7.17. The van der Waals surface area contributed by atoms with E-state index in [4.69, 9.17) is 9.47 Å². The predicted molar refractivity (Wildman–Crippen MR) is 141 cm³/mol. The number of aryl methyl sites for hydroxylation is 2. The zero-order chi connectivity index (χ0) is 26.7. The van der Waals surface area contributed by atoms with E-state index in [1.807, 2.05) is 26.0 Å². The van der Waals surface area contributed by atoms with Gasteiger partial charge >= 0.3 is 11.9 Å². The molecule has 1 aromatic heterocycles. The number of thiazole rings is 1. The number of hydrogen-bond acceptors (Lipinski definition) is 8. The molecule has 1 fully saturated rings. The first-order chi connectivity index (χ1) is 17.8.